The van der Waals surface area contributed by atoms with Crippen LogP contribution in [0.4, 0.5) is 4.79 Å². The smallest absolute Gasteiger partial charge is 0.410 e. The van der Waals surface area contributed by atoms with Gasteiger partial charge < -0.3 is 9.64 Å². The normalized spacial score (nSPS) is 24.0. The summed E-state index contributed by atoms with van der Waals surface area (Å²) in [5, 5.41) is 14.9. The van der Waals surface area contributed by atoms with Crippen LogP contribution in [0.5, 0.6) is 0 Å². The second kappa shape index (κ2) is 6.92. The number of aromatic nitrogens is 4. The number of likely N-dealkylation sites (tertiary alicyclic amines) is 1. The highest BCUT2D eigenvalue weighted by molar-refractivity contribution is 5.68. The highest BCUT2D eigenvalue weighted by Crippen LogP contribution is 2.39. The highest BCUT2D eigenvalue weighted by atomic mass is 16.6. The summed E-state index contributed by atoms with van der Waals surface area (Å²) in [5.74, 6) is 0.670. The fourth-order valence-electron chi connectivity index (χ4n) is 4.21. The highest BCUT2D eigenvalue weighted by Gasteiger charge is 2.47. The van der Waals surface area contributed by atoms with Crippen molar-refractivity contribution in [2.24, 2.45) is 0 Å². The number of amides is 1. The molecule has 0 spiro atoms. The molecule has 3 unspecified atom stereocenters. The summed E-state index contributed by atoms with van der Waals surface area (Å²) in [7, 11) is 0. The largest absolute Gasteiger partial charge is 0.444 e. The Morgan fingerprint density at radius 2 is 1.85 bits per heavy atom. The second-order valence-corrected chi connectivity index (χ2v) is 8.30. The number of rotatable bonds is 3. The van der Waals surface area contributed by atoms with E-state index in [1.54, 1.807) is 0 Å². The summed E-state index contributed by atoms with van der Waals surface area (Å²) in [6.07, 6.45) is 1.87. The number of hydrogen-bond acceptors (Lipinski definition) is 6. The fourth-order valence-corrected chi connectivity index (χ4v) is 4.21. The minimum Gasteiger partial charge on any atom is -0.444 e. The molecule has 4 rings (SSSR count). The molecule has 2 saturated heterocycles. The van der Waals surface area contributed by atoms with E-state index >= 15 is 0 Å². The lowest BCUT2D eigenvalue weighted by molar-refractivity contribution is -0.00537. The number of carbonyl (C=O) groups excluding carboxylic acids is 1. The van der Waals surface area contributed by atoms with Gasteiger partial charge in [0.2, 0.25) is 0 Å². The quantitative estimate of drug-likeness (QED) is 0.892. The molecule has 2 aromatic rings. The summed E-state index contributed by atoms with van der Waals surface area (Å²) in [6, 6.07) is 10.7. The van der Waals surface area contributed by atoms with Crippen LogP contribution >= 0.6 is 0 Å². The van der Waals surface area contributed by atoms with Gasteiger partial charge in [-0.3, -0.25) is 4.90 Å². The molecular weight excluding hydrogens is 344 g/mol. The standard InChI is InChI=1S/C19H26N6O2/c1-19(2,3)27-18(26)24-11-14-9-10-15(12-24)25(14)16(17-20-22-23-21-17)13-7-5-4-6-8-13/h4-8,14-16H,9-12H2,1-3H3,(H,20,21,22,23). The van der Waals surface area contributed by atoms with Crippen molar-refractivity contribution in [1.82, 2.24) is 30.4 Å². The number of piperazine rings is 1. The number of nitrogens with zero attached hydrogens (tertiary/aromatic N) is 5. The van der Waals surface area contributed by atoms with E-state index in [9.17, 15) is 4.79 Å². The van der Waals surface area contributed by atoms with Crippen molar-refractivity contribution in [1.29, 1.82) is 0 Å². The van der Waals surface area contributed by atoms with Crippen LogP contribution < -0.4 is 0 Å². The van der Waals surface area contributed by atoms with Crippen LogP contribution in [-0.4, -0.2) is 67.3 Å². The van der Waals surface area contributed by atoms with Gasteiger partial charge in [-0.2, -0.15) is 5.21 Å². The molecule has 3 atom stereocenters. The van der Waals surface area contributed by atoms with Crippen molar-refractivity contribution in [3.05, 3.63) is 41.7 Å². The third kappa shape index (κ3) is 3.66. The molecule has 1 aromatic carbocycles. The minimum absolute atomic E-state index is 0.0664. The Labute approximate surface area is 158 Å². The summed E-state index contributed by atoms with van der Waals surface area (Å²) < 4.78 is 5.58. The monoisotopic (exact) mass is 370 g/mol. The van der Waals surface area contributed by atoms with Crippen molar-refractivity contribution in [2.75, 3.05) is 13.1 Å². The van der Waals surface area contributed by atoms with E-state index < -0.39 is 5.60 Å². The van der Waals surface area contributed by atoms with E-state index in [0.29, 0.717) is 18.9 Å². The molecule has 0 aliphatic carbocycles. The van der Waals surface area contributed by atoms with Gasteiger partial charge in [-0.05, 0) is 39.2 Å². The topological polar surface area (TPSA) is 87.2 Å². The van der Waals surface area contributed by atoms with Crippen molar-refractivity contribution in [3.8, 4) is 0 Å². The fraction of sp³-hybridized carbons (Fsp3) is 0.579. The van der Waals surface area contributed by atoms with Gasteiger partial charge in [0.15, 0.2) is 5.82 Å². The zero-order valence-electron chi connectivity index (χ0n) is 16.0. The third-order valence-corrected chi connectivity index (χ3v) is 5.21. The zero-order chi connectivity index (χ0) is 19.0. The molecule has 3 heterocycles. The van der Waals surface area contributed by atoms with Crippen LogP contribution in [0.3, 0.4) is 0 Å². The van der Waals surface area contributed by atoms with Crippen LogP contribution in [0, 0.1) is 0 Å². The molecule has 8 heteroatoms. The average Bonchev–Trinajstić information content (AvgIpc) is 3.22. The maximum Gasteiger partial charge on any atom is 0.410 e. The summed E-state index contributed by atoms with van der Waals surface area (Å²) in [6.45, 7) is 7.02. The molecule has 2 bridgehead atoms. The van der Waals surface area contributed by atoms with Gasteiger partial charge in [0.05, 0.1) is 0 Å². The number of nitrogens with one attached hydrogen (secondary N) is 1. The molecule has 27 heavy (non-hydrogen) atoms. The Bertz CT molecular complexity index is 759. The van der Waals surface area contributed by atoms with Crippen LogP contribution in [0.15, 0.2) is 30.3 Å². The molecule has 0 radical (unpaired) electrons. The van der Waals surface area contributed by atoms with Crippen LogP contribution in [0.1, 0.15) is 51.0 Å². The second-order valence-electron chi connectivity index (χ2n) is 8.30. The lowest BCUT2D eigenvalue weighted by atomic mass is 10.0. The predicted molar refractivity (Wildman–Crippen MR) is 98.9 cm³/mol. The lowest BCUT2D eigenvalue weighted by Gasteiger charge is -2.44. The summed E-state index contributed by atoms with van der Waals surface area (Å²) >= 11 is 0. The predicted octanol–water partition coefficient (Wildman–Crippen LogP) is 2.37. The molecule has 2 aliphatic rings. The number of H-pyrrole nitrogens is 1. The first-order valence-corrected chi connectivity index (χ1v) is 9.46. The number of aromatic amines is 1. The molecule has 1 N–H and O–H groups in total. The Kier molecular flexibility index (Phi) is 4.59. The Morgan fingerprint density at radius 3 is 2.41 bits per heavy atom. The number of carbonyl (C=O) groups is 1. The molecular formula is C19H26N6O2. The van der Waals surface area contributed by atoms with Crippen LogP contribution in [0.25, 0.3) is 0 Å². The van der Waals surface area contributed by atoms with E-state index in [1.165, 1.54) is 0 Å². The SMILES string of the molecule is CC(C)(C)OC(=O)N1CC2CCC(C1)N2C(c1ccccc1)c1nn[nH]n1. The van der Waals surface area contributed by atoms with Gasteiger partial charge >= 0.3 is 6.09 Å². The number of benzene rings is 1. The molecule has 0 saturated carbocycles. The van der Waals surface area contributed by atoms with Gasteiger partial charge in [0, 0.05) is 25.2 Å². The molecule has 144 valence electrons. The first kappa shape index (κ1) is 17.9. The molecule has 1 amide bonds. The van der Waals surface area contributed by atoms with Crippen molar-refractivity contribution in [2.45, 2.75) is 57.3 Å². The third-order valence-electron chi connectivity index (χ3n) is 5.21. The zero-order valence-corrected chi connectivity index (χ0v) is 16.0. The number of ether oxygens (including phenoxy) is 1. The number of hydrogen-bond donors (Lipinski definition) is 1. The summed E-state index contributed by atoms with van der Waals surface area (Å²) in [4.78, 5) is 16.9. The van der Waals surface area contributed by atoms with Crippen LogP contribution in [-0.2, 0) is 4.74 Å². The maximum absolute atomic E-state index is 12.6. The van der Waals surface area contributed by atoms with E-state index in [-0.39, 0.29) is 24.2 Å². The van der Waals surface area contributed by atoms with E-state index in [4.69, 9.17) is 4.74 Å². The lowest BCUT2D eigenvalue weighted by Crippen LogP contribution is -2.57. The van der Waals surface area contributed by atoms with Crippen LogP contribution in [0.2, 0.25) is 0 Å². The first-order chi connectivity index (χ1) is 12.9. The maximum atomic E-state index is 12.6. The molecule has 2 fully saturated rings. The molecule has 2 aliphatic heterocycles. The van der Waals surface area contributed by atoms with Gasteiger partial charge in [0.1, 0.15) is 11.6 Å². The number of tetrazole rings is 1. The van der Waals surface area contributed by atoms with Gasteiger partial charge in [-0.15, -0.1) is 10.2 Å². The molecule has 1 aromatic heterocycles. The first-order valence-electron chi connectivity index (χ1n) is 9.46. The Balaban J connectivity index is 1.58. The Hall–Kier alpha value is -2.48. The molecule has 8 nitrogen and oxygen atoms in total. The van der Waals surface area contributed by atoms with E-state index in [0.717, 1.165) is 18.4 Å². The minimum atomic E-state index is -0.482. The van der Waals surface area contributed by atoms with Crippen molar-refractivity contribution >= 4 is 6.09 Å². The van der Waals surface area contributed by atoms with Crippen molar-refractivity contribution < 1.29 is 9.53 Å². The van der Waals surface area contributed by atoms with Crippen molar-refractivity contribution in [3.63, 3.8) is 0 Å². The number of fused-ring (bicyclic) bond motifs is 2. The van der Waals surface area contributed by atoms with Gasteiger partial charge in [-0.25, -0.2) is 4.79 Å². The van der Waals surface area contributed by atoms with E-state index in [2.05, 4.69) is 37.7 Å². The summed E-state index contributed by atoms with van der Waals surface area (Å²) in [5.41, 5.74) is 0.659. The average molecular weight is 370 g/mol. The van der Waals surface area contributed by atoms with Gasteiger partial charge in [-0.1, -0.05) is 35.5 Å². The Morgan fingerprint density at radius 1 is 1.19 bits per heavy atom. The van der Waals surface area contributed by atoms with Gasteiger partial charge in [0.25, 0.3) is 0 Å². The van der Waals surface area contributed by atoms with E-state index in [1.807, 2.05) is 43.9 Å².